The van der Waals surface area contributed by atoms with Crippen molar-refractivity contribution >= 4 is 29.1 Å². The first-order chi connectivity index (χ1) is 9.97. The van der Waals surface area contributed by atoms with Crippen molar-refractivity contribution in [3.05, 3.63) is 10.8 Å². The number of nitrogens with zero attached hydrogens (tertiary/aromatic N) is 3. The zero-order valence-corrected chi connectivity index (χ0v) is 12.8. The van der Waals surface area contributed by atoms with Crippen molar-refractivity contribution in [3.63, 3.8) is 0 Å². The van der Waals surface area contributed by atoms with Gasteiger partial charge in [-0.1, -0.05) is 37.8 Å². The van der Waals surface area contributed by atoms with Gasteiger partial charge in [-0.3, -0.25) is 9.59 Å². The van der Waals surface area contributed by atoms with E-state index in [9.17, 15) is 9.59 Å². The van der Waals surface area contributed by atoms with Crippen molar-refractivity contribution < 1.29 is 9.59 Å². The maximum Gasteiger partial charge on any atom is 0.271 e. The summed E-state index contributed by atoms with van der Waals surface area (Å²) in [6.07, 6.45) is 5.42. The fourth-order valence-electron chi connectivity index (χ4n) is 2.65. The predicted molar refractivity (Wildman–Crippen MR) is 79.8 cm³/mol. The highest BCUT2D eigenvalue weighted by molar-refractivity contribution is 6.33. The summed E-state index contributed by atoms with van der Waals surface area (Å²) in [5, 5.41) is 5.27. The van der Waals surface area contributed by atoms with Gasteiger partial charge >= 0.3 is 0 Å². The fourth-order valence-corrected chi connectivity index (χ4v) is 3.00. The number of rotatable bonds is 4. The topological polar surface area (TPSA) is 107 Å². The summed E-state index contributed by atoms with van der Waals surface area (Å²) in [6.45, 7) is 1.67. The van der Waals surface area contributed by atoms with Crippen LogP contribution < -0.4 is 16.6 Å². The Bertz CT molecular complexity index is 551. The fraction of sp³-hybridized carbons (Fsp3) is 0.615. The number of carbonyl (C=O) groups excluding carboxylic acids is 2. The molecule has 0 aromatic carbocycles. The van der Waals surface area contributed by atoms with Crippen LogP contribution in [0.15, 0.2) is 0 Å². The first-order valence-electron chi connectivity index (χ1n) is 7.12. The number of halogens is 1. The third-order valence-corrected chi connectivity index (χ3v) is 4.15. The summed E-state index contributed by atoms with van der Waals surface area (Å²) < 4.78 is 1.58. The molecule has 8 heteroatoms. The van der Waals surface area contributed by atoms with Crippen LogP contribution in [0.1, 0.15) is 62.0 Å². The van der Waals surface area contributed by atoms with Gasteiger partial charge in [-0.15, -0.1) is 0 Å². The minimum absolute atomic E-state index is 0.0603. The van der Waals surface area contributed by atoms with E-state index < -0.39 is 5.91 Å². The predicted octanol–water partition coefficient (Wildman–Crippen LogP) is 1.76. The number of anilines is 1. The Labute approximate surface area is 128 Å². The van der Waals surface area contributed by atoms with Crippen molar-refractivity contribution in [2.75, 3.05) is 5.01 Å². The molecule has 0 atom stereocenters. The van der Waals surface area contributed by atoms with E-state index in [0.29, 0.717) is 0 Å². The molecule has 1 fully saturated rings. The van der Waals surface area contributed by atoms with E-state index in [4.69, 9.17) is 23.2 Å². The van der Waals surface area contributed by atoms with E-state index in [2.05, 4.69) is 5.10 Å². The Morgan fingerprint density at radius 3 is 2.52 bits per heavy atom. The van der Waals surface area contributed by atoms with Crippen molar-refractivity contribution in [1.82, 2.24) is 9.78 Å². The maximum atomic E-state index is 11.8. The largest absolute Gasteiger partial charge is 0.364 e. The second-order valence-corrected chi connectivity index (χ2v) is 5.56. The molecule has 1 aliphatic carbocycles. The van der Waals surface area contributed by atoms with Gasteiger partial charge in [0.25, 0.3) is 5.91 Å². The normalized spacial score (nSPS) is 16.0. The third kappa shape index (κ3) is 3.03. The van der Waals surface area contributed by atoms with E-state index in [1.54, 1.807) is 11.6 Å². The number of nitrogens with two attached hydrogens (primary N) is 2. The highest BCUT2D eigenvalue weighted by Crippen LogP contribution is 2.36. The maximum absolute atomic E-state index is 11.8. The van der Waals surface area contributed by atoms with Gasteiger partial charge in [-0.2, -0.15) is 5.10 Å². The zero-order chi connectivity index (χ0) is 15.6. The van der Waals surface area contributed by atoms with Gasteiger partial charge in [0.05, 0.1) is 6.04 Å². The van der Waals surface area contributed by atoms with Gasteiger partial charge in [0.15, 0.2) is 10.8 Å². The minimum atomic E-state index is -0.749. The molecule has 2 amide bonds. The van der Waals surface area contributed by atoms with Crippen molar-refractivity contribution in [2.24, 2.45) is 11.6 Å². The summed E-state index contributed by atoms with van der Waals surface area (Å²) >= 11 is 6.32. The summed E-state index contributed by atoms with van der Waals surface area (Å²) in [4.78, 5) is 23.4. The molecular formula is C13H20ClN5O2. The first kappa shape index (κ1) is 15.8. The Balaban J connectivity index is 2.45. The lowest BCUT2D eigenvalue weighted by Gasteiger charge is -2.23. The molecule has 0 radical (unpaired) electrons. The summed E-state index contributed by atoms with van der Waals surface area (Å²) in [7, 11) is 0. The van der Waals surface area contributed by atoms with Crippen LogP contribution in [0.2, 0.25) is 5.15 Å². The van der Waals surface area contributed by atoms with Crippen molar-refractivity contribution in [3.8, 4) is 0 Å². The quantitative estimate of drug-likeness (QED) is 0.501. The lowest BCUT2D eigenvalue weighted by atomic mass is 9.96. The average Bonchev–Trinajstić information content (AvgIpc) is 2.84. The third-order valence-electron chi connectivity index (χ3n) is 3.79. The first-order valence-corrected chi connectivity index (χ1v) is 7.50. The number of hydrazine groups is 1. The smallest absolute Gasteiger partial charge is 0.271 e. The Kier molecular flexibility index (Phi) is 4.84. The van der Waals surface area contributed by atoms with E-state index >= 15 is 0 Å². The van der Waals surface area contributed by atoms with E-state index in [0.717, 1.165) is 30.7 Å². The van der Waals surface area contributed by atoms with Crippen LogP contribution in [0.25, 0.3) is 0 Å². The molecule has 4 N–H and O–H groups in total. The second kappa shape index (κ2) is 6.44. The summed E-state index contributed by atoms with van der Waals surface area (Å²) in [6, 6.07) is 0.114. The lowest BCUT2D eigenvalue weighted by molar-refractivity contribution is -0.118. The minimum Gasteiger partial charge on any atom is -0.364 e. The highest BCUT2D eigenvalue weighted by Gasteiger charge is 2.29. The molecule has 1 aromatic heterocycles. The monoisotopic (exact) mass is 313 g/mol. The van der Waals surface area contributed by atoms with Gasteiger partial charge in [0, 0.05) is 6.42 Å². The van der Waals surface area contributed by atoms with Crippen LogP contribution in [-0.4, -0.2) is 21.6 Å². The molecular weight excluding hydrogens is 294 g/mol. The summed E-state index contributed by atoms with van der Waals surface area (Å²) in [5.41, 5.74) is 5.38. The van der Waals surface area contributed by atoms with Gasteiger partial charge < -0.3 is 5.73 Å². The van der Waals surface area contributed by atoms with Crippen molar-refractivity contribution in [1.29, 1.82) is 0 Å². The lowest BCUT2D eigenvalue weighted by Crippen LogP contribution is -2.38. The van der Waals surface area contributed by atoms with Gasteiger partial charge in [-0.25, -0.2) is 15.5 Å². The van der Waals surface area contributed by atoms with Gasteiger partial charge in [0.1, 0.15) is 5.69 Å². The number of aromatic nitrogens is 2. The van der Waals surface area contributed by atoms with Gasteiger partial charge in [-0.05, 0) is 12.8 Å². The SMILES string of the molecule is CCC(=O)N(N)c1c(C(N)=O)nn(C2CCCCC2)c1Cl. The van der Waals surface area contributed by atoms with Crippen LogP contribution in [0.3, 0.4) is 0 Å². The molecule has 1 aromatic rings. The van der Waals surface area contributed by atoms with E-state index in [1.165, 1.54) is 6.42 Å². The second-order valence-electron chi connectivity index (χ2n) is 5.21. The van der Waals surface area contributed by atoms with Crippen LogP contribution in [0.4, 0.5) is 5.69 Å². The molecule has 21 heavy (non-hydrogen) atoms. The van der Waals surface area contributed by atoms with Crippen LogP contribution in [0.5, 0.6) is 0 Å². The number of hydrogen-bond acceptors (Lipinski definition) is 4. The van der Waals surface area contributed by atoms with Gasteiger partial charge in [0.2, 0.25) is 5.91 Å². The number of primary amides is 1. The molecule has 1 heterocycles. The molecule has 7 nitrogen and oxygen atoms in total. The Hall–Kier alpha value is -1.60. The number of carbonyl (C=O) groups is 2. The molecule has 0 spiro atoms. The molecule has 116 valence electrons. The van der Waals surface area contributed by atoms with Crippen LogP contribution in [-0.2, 0) is 4.79 Å². The molecule has 0 aliphatic heterocycles. The zero-order valence-electron chi connectivity index (χ0n) is 12.0. The molecule has 1 saturated carbocycles. The number of amides is 2. The molecule has 0 bridgehead atoms. The summed E-state index contributed by atoms with van der Waals surface area (Å²) in [5.74, 6) is 4.66. The Morgan fingerprint density at radius 2 is 2.00 bits per heavy atom. The van der Waals surface area contributed by atoms with E-state index in [-0.39, 0.29) is 34.9 Å². The molecule has 0 saturated heterocycles. The van der Waals surface area contributed by atoms with Crippen LogP contribution >= 0.6 is 11.6 Å². The number of hydrogen-bond donors (Lipinski definition) is 2. The molecule has 2 rings (SSSR count). The molecule has 0 unspecified atom stereocenters. The average molecular weight is 314 g/mol. The van der Waals surface area contributed by atoms with Crippen molar-refractivity contribution in [2.45, 2.75) is 51.5 Å². The Morgan fingerprint density at radius 1 is 1.38 bits per heavy atom. The van der Waals surface area contributed by atoms with E-state index in [1.807, 2.05) is 0 Å². The highest BCUT2D eigenvalue weighted by atomic mass is 35.5. The van der Waals surface area contributed by atoms with Crippen LogP contribution in [0, 0.1) is 0 Å². The molecule has 1 aliphatic rings. The standard InChI is InChI=1S/C13H20ClN5O2/c1-2-9(20)18(16)11-10(13(15)21)17-19(12(11)14)8-6-4-3-5-7-8/h8H,2-7,16H2,1H3,(H2,15,21).